The molecule has 0 unspecified atom stereocenters. The number of carbonyl (C=O) groups is 2. The first-order chi connectivity index (χ1) is 13.0. The first-order valence-electron chi connectivity index (χ1n) is 8.13. The van der Waals surface area contributed by atoms with Gasteiger partial charge in [0.2, 0.25) is 0 Å². The number of hydrogen-bond acceptors (Lipinski definition) is 5. The van der Waals surface area contributed by atoms with Gasteiger partial charge in [-0.05, 0) is 42.0 Å². The predicted octanol–water partition coefficient (Wildman–Crippen LogP) is 2.68. The van der Waals surface area contributed by atoms with E-state index in [2.05, 4.69) is 15.6 Å². The SMILES string of the molecule is O=C(NCc1cccc(NC(=O)c2cc(O)cc(O)c2)c1)c1cccnc1. The number of benzene rings is 2. The van der Waals surface area contributed by atoms with E-state index in [4.69, 9.17) is 0 Å². The molecule has 136 valence electrons. The Morgan fingerprint density at radius 1 is 0.889 bits per heavy atom. The number of pyridine rings is 1. The van der Waals surface area contributed by atoms with Gasteiger partial charge in [-0.25, -0.2) is 0 Å². The van der Waals surface area contributed by atoms with Crippen molar-refractivity contribution in [2.24, 2.45) is 0 Å². The van der Waals surface area contributed by atoms with Gasteiger partial charge in [-0.2, -0.15) is 0 Å². The average molecular weight is 363 g/mol. The van der Waals surface area contributed by atoms with Crippen molar-refractivity contribution >= 4 is 17.5 Å². The van der Waals surface area contributed by atoms with E-state index in [9.17, 15) is 19.8 Å². The van der Waals surface area contributed by atoms with Gasteiger partial charge < -0.3 is 20.8 Å². The Kier molecular flexibility index (Phi) is 5.32. The maximum absolute atomic E-state index is 12.3. The summed E-state index contributed by atoms with van der Waals surface area (Å²) in [6.45, 7) is 0.282. The zero-order chi connectivity index (χ0) is 19.2. The van der Waals surface area contributed by atoms with Gasteiger partial charge in [-0.15, -0.1) is 0 Å². The number of hydrogen-bond donors (Lipinski definition) is 4. The molecule has 0 saturated carbocycles. The molecule has 2 aromatic carbocycles. The molecule has 0 radical (unpaired) electrons. The molecule has 0 aliphatic carbocycles. The van der Waals surface area contributed by atoms with Gasteiger partial charge in [0.15, 0.2) is 0 Å². The molecule has 0 aliphatic rings. The molecule has 2 amide bonds. The van der Waals surface area contributed by atoms with Crippen LogP contribution in [0.1, 0.15) is 26.3 Å². The molecule has 7 nitrogen and oxygen atoms in total. The third-order valence-electron chi connectivity index (χ3n) is 3.73. The van der Waals surface area contributed by atoms with E-state index in [-0.39, 0.29) is 29.5 Å². The fourth-order valence-corrected chi connectivity index (χ4v) is 2.47. The lowest BCUT2D eigenvalue weighted by Crippen LogP contribution is -2.23. The lowest BCUT2D eigenvalue weighted by Gasteiger charge is -2.09. The van der Waals surface area contributed by atoms with Crippen LogP contribution in [0.2, 0.25) is 0 Å². The minimum absolute atomic E-state index is 0.128. The maximum Gasteiger partial charge on any atom is 0.255 e. The number of carbonyl (C=O) groups excluding carboxylic acids is 2. The fraction of sp³-hybridized carbons (Fsp3) is 0.0500. The van der Waals surface area contributed by atoms with Crippen LogP contribution in [-0.4, -0.2) is 27.0 Å². The number of aromatic nitrogens is 1. The molecule has 7 heteroatoms. The average Bonchev–Trinajstić information content (AvgIpc) is 2.66. The van der Waals surface area contributed by atoms with Gasteiger partial charge in [0.1, 0.15) is 11.5 Å². The van der Waals surface area contributed by atoms with Crippen molar-refractivity contribution in [3.05, 3.63) is 83.7 Å². The molecule has 0 atom stereocenters. The summed E-state index contributed by atoms with van der Waals surface area (Å²) in [6, 6.07) is 14.0. The first kappa shape index (κ1) is 17.9. The van der Waals surface area contributed by atoms with Crippen LogP contribution in [0.4, 0.5) is 5.69 Å². The number of phenols is 2. The number of rotatable bonds is 5. The lowest BCUT2D eigenvalue weighted by molar-refractivity contribution is 0.0949. The zero-order valence-corrected chi connectivity index (χ0v) is 14.2. The topological polar surface area (TPSA) is 112 Å². The van der Waals surface area contributed by atoms with Gasteiger partial charge in [0.05, 0.1) is 5.56 Å². The van der Waals surface area contributed by atoms with Crippen LogP contribution in [-0.2, 0) is 6.54 Å². The van der Waals surface area contributed by atoms with Gasteiger partial charge in [-0.1, -0.05) is 12.1 Å². The summed E-state index contributed by atoms with van der Waals surface area (Å²) in [5.41, 5.74) is 1.91. The van der Waals surface area contributed by atoms with Crippen LogP contribution in [0.25, 0.3) is 0 Å². The molecule has 3 aromatic rings. The minimum atomic E-state index is -0.474. The lowest BCUT2D eigenvalue weighted by atomic mass is 10.1. The van der Waals surface area contributed by atoms with Crippen molar-refractivity contribution in [1.82, 2.24) is 10.3 Å². The van der Waals surface area contributed by atoms with E-state index in [0.717, 1.165) is 11.6 Å². The maximum atomic E-state index is 12.3. The number of anilines is 1. The van der Waals surface area contributed by atoms with Crippen molar-refractivity contribution in [2.45, 2.75) is 6.54 Å². The van der Waals surface area contributed by atoms with Crippen LogP contribution < -0.4 is 10.6 Å². The quantitative estimate of drug-likeness (QED) is 0.557. The Balaban J connectivity index is 1.65. The van der Waals surface area contributed by atoms with Crippen LogP contribution in [0, 0.1) is 0 Å². The number of nitrogens with zero attached hydrogens (tertiary/aromatic N) is 1. The van der Waals surface area contributed by atoms with Crippen molar-refractivity contribution < 1.29 is 19.8 Å². The standard InChI is InChI=1S/C20H17N3O4/c24-17-8-15(9-18(25)10-17)20(27)23-16-5-1-3-13(7-16)11-22-19(26)14-4-2-6-21-12-14/h1-10,12,24-25H,11H2,(H,22,26)(H,23,27). The third kappa shape index (κ3) is 4.82. The number of nitrogens with one attached hydrogen (secondary N) is 2. The van der Waals surface area contributed by atoms with E-state index in [0.29, 0.717) is 11.3 Å². The highest BCUT2D eigenvalue weighted by atomic mass is 16.3. The molecular formula is C20H17N3O4. The number of phenolic OH excluding ortho intramolecular Hbond substituents is 2. The van der Waals surface area contributed by atoms with Crippen LogP contribution in [0.3, 0.4) is 0 Å². The Morgan fingerprint density at radius 3 is 2.37 bits per heavy atom. The molecule has 0 aliphatic heterocycles. The van der Waals surface area contributed by atoms with Crippen LogP contribution in [0.5, 0.6) is 11.5 Å². The Bertz CT molecular complexity index is 954. The fourth-order valence-electron chi connectivity index (χ4n) is 2.47. The normalized spacial score (nSPS) is 10.2. The second kappa shape index (κ2) is 8.01. The Morgan fingerprint density at radius 2 is 1.67 bits per heavy atom. The molecular weight excluding hydrogens is 346 g/mol. The summed E-state index contributed by atoms with van der Waals surface area (Å²) in [5, 5.41) is 24.4. The summed E-state index contributed by atoms with van der Waals surface area (Å²) in [6.07, 6.45) is 3.08. The molecule has 3 rings (SSSR count). The highest BCUT2D eigenvalue weighted by Gasteiger charge is 2.10. The second-order valence-corrected chi connectivity index (χ2v) is 5.82. The minimum Gasteiger partial charge on any atom is -0.508 e. The summed E-state index contributed by atoms with van der Waals surface area (Å²) >= 11 is 0. The number of aromatic hydroxyl groups is 2. The molecule has 0 saturated heterocycles. The predicted molar refractivity (Wildman–Crippen MR) is 99.6 cm³/mol. The molecule has 27 heavy (non-hydrogen) atoms. The summed E-state index contributed by atoms with van der Waals surface area (Å²) in [4.78, 5) is 28.2. The van der Waals surface area contributed by atoms with Gasteiger partial charge >= 0.3 is 0 Å². The highest BCUT2D eigenvalue weighted by molar-refractivity contribution is 6.04. The molecule has 0 bridgehead atoms. The first-order valence-corrected chi connectivity index (χ1v) is 8.13. The van der Waals surface area contributed by atoms with Gasteiger partial charge in [0.25, 0.3) is 11.8 Å². The summed E-state index contributed by atoms with van der Waals surface area (Å²) < 4.78 is 0. The number of amides is 2. The third-order valence-corrected chi connectivity index (χ3v) is 3.73. The molecule has 1 heterocycles. The van der Waals surface area contributed by atoms with E-state index in [1.54, 1.807) is 36.5 Å². The van der Waals surface area contributed by atoms with Crippen LogP contribution >= 0.6 is 0 Å². The Hall–Kier alpha value is -3.87. The van der Waals surface area contributed by atoms with E-state index in [1.165, 1.54) is 18.3 Å². The second-order valence-electron chi connectivity index (χ2n) is 5.82. The van der Waals surface area contributed by atoms with Crippen molar-refractivity contribution in [3.63, 3.8) is 0 Å². The van der Waals surface area contributed by atoms with Crippen molar-refractivity contribution in [3.8, 4) is 11.5 Å². The summed E-state index contributed by atoms with van der Waals surface area (Å²) in [5.74, 6) is -1.12. The van der Waals surface area contributed by atoms with Crippen molar-refractivity contribution in [2.75, 3.05) is 5.32 Å². The largest absolute Gasteiger partial charge is 0.508 e. The molecule has 0 spiro atoms. The van der Waals surface area contributed by atoms with E-state index >= 15 is 0 Å². The van der Waals surface area contributed by atoms with Crippen LogP contribution in [0.15, 0.2) is 67.0 Å². The Labute approximate surface area is 155 Å². The summed E-state index contributed by atoms with van der Waals surface area (Å²) in [7, 11) is 0. The monoisotopic (exact) mass is 363 g/mol. The van der Waals surface area contributed by atoms with Crippen molar-refractivity contribution in [1.29, 1.82) is 0 Å². The van der Waals surface area contributed by atoms with E-state index < -0.39 is 5.91 Å². The molecule has 0 fully saturated rings. The van der Waals surface area contributed by atoms with Gasteiger partial charge in [-0.3, -0.25) is 14.6 Å². The van der Waals surface area contributed by atoms with E-state index in [1.807, 2.05) is 6.07 Å². The zero-order valence-electron chi connectivity index (χ0n) is 14.2. The molecule has 4 N–H and O–H groups in total. The highest BCUT2D eigenvalue weighted by Crippen LogP contribution is 2.21. The molecule has 1 aromatic heterocycles. The smallest absolute Gasteiger partial charge is 0.255 e. The van der Waals surface area contributed by atoms with Gasteiger partial charge in [0, 0.05) is 36.3 Å².